The summed E-state index contributed by atoms with van der Waals surface area (Å²) in [6.45, 7) is 5.00. The molecule has 0 bridgehead atoms. The first-order valence-electron chi connectivity index (χ1n) is 8.56. The van der Waals surface area contributed by atoms with Gasteiger partial charge in [-0.3, -0.25) is 9.59 Å². The molecule has 2 rings (SSSR count). The smallest absolute Gasteiger partial charge is 0.341 e. The molecule has 1 saturated heterocycles. The number of amides is 1. The van der Waals surface area contributed by atoms with E-state index in [4.69, 9.17) is 9.47 Å². The van der Waals surface area contributed by atoms with Gasteiger partial charge in [0, 0.05) is 11.3 Å². The maximum absolute atomic E-state index is 12.1. The van der Waals surface area contributed by atoms with Crippen molar-refractivity contribution < 1.29 is 32.3 Å². The van der Waals surface area contributed by atoms with E-state index in [9.17, 15) is 22.8 Å². The van der Waals surface area contributed by atoms with Crippen LogP contribution < -0.4 is 5.32 Å². The van der Waals surface area contributed by atoms with Gasteiger partial charge in [-0.1, -0.05) is 0 Å². The number of carbonyl (C=O) groups excluding carboxylic acids is 3. The van der Waals surface area contributed by atoms with Crippen LogP contribution in [0.15, 0.2) is 0 Å². The molecule has 1 aromatic heterocycles. The fourth-order valence-corrected chi connectivity index (χ4v) is 5.73. The topological polar surface area (TPSA) is 116 Å². The summed E-state index contributed by atoms with van der Waals surface area (Å²) in [5.74, 6) is -1.91. The van der Waals surface area contributed by atoms with Gasteiger partial charge in [0.15, 0.2) is 16.4 Å². The Morgan fingerprint density at radius 1 is 1.22 bits per heavy atom. The van der Waals surface area contributed by atoms with Crippen molar-refractivity contribution in [3.63, 3.8) is 0 Å². The summed E-state index contributed by atoms with van der Waals surface area (Å²) in [7, 11) is -3.06. The van der Waals surface area contributed by atoms with Gasteiger partial charge in [-0.25, -0.2) is 13.2 Å². The Kier molecular flexibility index (Phi) is 6.99. The van der Waals surface area contributed by atoms with E-state index in [1.807, 2.05) is 6.92 Å². The van der Waals surface area contributed by atoms with E-state index < -0.39 is 34.3 Å². The zero-order chi connectivity index (χ0) is 20.2. The number of nitrogens with one attached hydrogen (secondary N) is 1. The second-order valence-electron chi connectivity index (χ2n) is 6.39. The lowest BCUT2D eigenvalue weighted by Crippen LogP contribution is -2.23. The van der Waals surface area contributed by atoms with Crippen molar-refractivity contribution in [2.45, 2.75) is 33.6 Å². The highest BCUT2D eigenvalue weighted by Crippen LogP contribution is 2.33. The predicted molar refractivity (Wildman–Crippen MR) is 101 cm³/mol. The number of rotatable bonds is 7. The van der Waals surface area contributed by atoms with Crippen molar-refractivity contribution in [1.82, 2.24) is 0 Å². The quantitative estimate of drug-likeness (QED) is 0.673. The Labute approximate surface area is 162 Å². The summed E-state index contributed by atoms with van der Waals surface area (Å²) < 4.78 is 32.8. The molecule has 1 aliphatic rings. The van der Waals surface area contributed by atoms with E-state index in [-0.39, 0.29) is 30.5 Å². The van der Waals surface area contributed by atoms with Crippen molar-refractivity contribution >= 4 is 44.0 Å². The number of thiophene rings is 1. The summed E-state index contributed by atoms with van der Waals surface area (Å²) in [4.78, 5) is 36.9. The predicted octanol–water partition coefficient (Wildman–Crippen LogP) is 1.85. The minimum absolute atomic E-state index is 0.0229. The minimum Gasteiger partial charge on any atom is -0.462 e. The van der Waals surface area contributed by atoms with Crippen LogP contribution in [0.25, 0.3) is 0 Å². The molecule has 1 atom stereocenters. The van der Waals surface area contributed by atoms with Crippen LogP contribution in [0.1, 0.15) is 40.6 Å². The molecule has 2 heterocycles. The van der Waals surface area contributed by atoms with Crippen molar-refractivity contribution in [2.75, 3.05) is 30.0 Å². The standard InChI is InChI=1S/C17H23NO7S2/c1-4-24-17(21)15-10(2)11(3)26-16(15)18-13(19)8-25-14(20)7-12-5-6-27(22,23)9-12/h12H,4-9H2,1-3H3,(H,18,19)/t12-/m0/s1. The van der Waals surface area contributed by atoms with E-state index in [0.717, 1.165) is 10.4 Å². The number of sulfone groups is 1. The van der Waals surface area contributed by atoms with E-state index in [0.29, 0.717) is 17.0 Å². The number of aryl methyl sites for hydroxylation is 1. The molecule has 0 spiro atoms. The molecular weight excluding hydrogens is 394 g/mol. The molecule has 0 aliphatic carbocycles. The first-order chi connectivity index (χ1) is 12.6. The minimum atomic E-state index is -3.06. The van der Waals surface area contributed by atoms with E-state index >= 15 is 0 Å². The molecule has 1 aromatic rings. The van der Waals surface area contributed by atoms with Crippen molar-refractivity contribution in [3.8, 4) is 0 Å². The molecule has 1 amide bonds. The molecule has 150 valence electrons. The second-order valence-corrected chi connectivity index (χ2v) is 9.84. The fraction of sp³-hybridized carbons (Fsp3) is 0.588. The van der Waals surface area contributed by atoms with Gasteiger partial charge < -0.3 is 14.8 Å². The van der Waals surface area contributed by atoms with Crippen LogP contribution in [0.4, 0.5) is 5.00 Å². The maximum Gasteiger partial charge on any atom is 0.341 e. The zero-order valence-electron chi connectivity index (χ0n) is 15.5. The lowest BCUT2D eigenvalue weighted by atomic mass is 10.1. The van der Waals surface area contributed by atoms with Crippen LogP contribution >= 0.6 is 11.3 Å². The SMILES string of the molecule is CCOC(=O)c1c(NC(=O)COC(=O)C[C@@H]2CCS(=O)(=O)C2)sc(C)c1C. The van der Waals surface area contributed by atoms with Gasteiger partial charge in [-0.15, -0.1) is 11.3 Å². The van der Waals surface area contributed by atoms with Crippen molar-refractivity contribution in [1.29, 1.82) is 0 Å². The largest absolute Gasteiger partial charge is 0.462 e. The van der Waals surface area contributed by atoms with Gasteiger partial charge in [0.1, 0.15) is 5.00 Å². The number of anilines is 1. The van der Waals surface area contributed by atoms with Crippen LogP contribution in [-0.4, -0.2) is 51.0 Å². The maximum atomic E-state index is 12.1. The summed E-state index contributed by atoms with van der Waals surface area (Å²) in [5, 5.41) is 2.93. The Hall–Kier alpha value is -1.94. The van der Waals surface area contributed by atoms with Gasteiger partial charge in [0.2, 0.25) is 0 Å². The Bertz CT molecular complexity index is 842. The van der Waals surface area contributed by atoms with Gasteiger partial charge >= 0.3 is 11.9 Å². The molecule has 0 aromatic carbocycles. The van der Waals surface area contributed by atoms with Crippen LogP contribution in [0, 0.1) is 19.8 Å². The highest BCUT2D eigenvalue weighted by molar-refractivity contribution is 7.91. The number of esters is 2. The lowest BCUT2D eigenvalue weighted by Gasteiger charge is -2.09. The first kappa shape index (κ1) is 21.4. The number of hydrogen-bond donors (Lipinski definition) is 1. The Balaban J connectivity index is 1.90. The second kappa shape index (κ2) is 8.83. The summed E-state index contributed by atoms with van der Waals surface area (Å²) in [6, 6.07) is 0. The number of ether oxygens (including phenoxy) is 2. The van der Waals surface area contributed by atoms with Gasteiger partial charge in [-0.05, 0) is 38.7 Å². The third kappa shape index (κ3) is 5.77. The van der Waals surface area contributed by atoms with Crippen molar-refractivity contribution in [2.24, 2.45) is 5.92 Å². The zero-order valence-corrected chi connectivity index (χ0v) is 17.1. The summed E-state index contributed by atoms with van der Waals surface area (Å²) in [6.07, 6.45) is 0.401. The third-order valence-corrected chi connectivity index (χ3v) is 7.22. The van der Waals surface area contributed by atoms with E-state index in [1.165, 1.54) is 11.3 Å². The normalized spacial score (nSPS) is 18.1. The molecule has 0 radical (unpaired) electrons. The van der Waals surface area contributed by atoms with Crippen LogP contribution in [-0.2, 0) is 28.9 Å². The van der Waals surface area contributed by atoms with Gasteiger partial charge in [-0.2, -0.15) is 0 Å². The number of carbonyl (C=O) groups is 3. The van der Waals surface area contributed by atoms with Gasteiger partial charge in [0.05, 0.1) is 23.7 Å². The summed E-state index contributed by atoms with van der Waals surface area (Å²) >= 11 is 1.24. The molecule has 27 heavy (non-hydrogen) atoms. The Morgan fingerprint density at radius 3 is 2.52 bits per heavy atom. The molecule has 10 heteroatoms. The molecule has 8 nitrogen and oxygen atoms in total. The van der Waals surface area contributed by atoms with Crippen LogP contribution in [0.5, 0.6) is 0 Å². The highest BCUT2D eigenvalue weighted by Gasteiger charge is 2.30. The summed E-state index contributed by atoms with van der Waals surface area (Å²) in [5.41, 5.74) is 1.03. The highest BCUT2D eigenvalue weighted by atomic mass is 32.2. The van der Waals surface area contributed by atoms with Crippen molar-refractivity contribution in [3.05, 3.63) is 16.0 Å². The van der Waals surface area contributed by atoms with Gasteiger partial charge in [0.25, 0.3) is 5.91 Å². The molecule has 0 saturated carbocycles. The van der Waals surface area contributed by atoms with Crippen LogP contribution in [0.3, 0.4) is 0 Å². The van der Waals surface area contributed by atoms with Crippen LogP contribution in [0.2, 0.25) is 0 Å². The van der Waals surface area contributed by atoms with E-state index in [2.05, 4.69) is 5.32 Å². The molecule has 1 N–H and O–H groups in total. The molecule has 1 aliphatic heterocycles. The average molecular weight is 418 g/mol. The monoisotopic (exact) mass is 417 g/mol. The van der Waals surface area contributed by atoms with E-state index in [1.54, 1.807) is 13.8 Å². The Morgan fingerprint density at radius 2 is 1.93 bits per heavy atom. The molecule has 1 fully saturated rings. The fourth-order valence-electron chi connectivity index (χ4n) is 2.80. The lowest BCUT2D eigenvalue weighted by molar-refractivity contribution is -0.148. The first-order valence-corrected chi connectivity index (χ1v) is 11.2. The molecular formula is C17H23NO7S2. The average Bonchev–Trinajstić information content (AvgIpc) is 3.04. The molecule has 0 unspecified atom stereocenters. The third-order valence-electron chi connectivity index (χ3n) is 4.26. The number of hydrogen-bond acceptors (Lipinski definition) is 8.